The second-order valence-electron chi connectivity index (χ2n) is 3.66. The Morgan fingerprint density at radius 3 is 1.60 bits per heavy atom. The molecule has 0 heteroatoms. The Morgan fingerprint density at radius 2 is 1.50 bits per heavy atom. The average molecular weight is 142 g/mol. The van der Waals surface area contributed by atoms with E-state index in [1.165, 1.54) is 19.3 Å². The zero-order valence-electron chi connectivity index (χ0n) is 8.04. The van der Waals surface area contributed by atoms with Crippen molar-refractivity contribution in [1.29, 1.82) is 0 Å². The highest BCUT2D eigenvalue weighted by Crippen LogP contribution is 2.20. The SMILES string of the molecule is C=C.CCCCC(C)(C)C. The summed E-state index contributed by atoms with van der Waals surface area (Å²) in [6, 6.07) is 0. The van der Waals surface area contributed by atoms with Gasteiger partial charge in [-0.15, -0.1) is 13.2 Å². The number of hydrogen-bond donors (Lipinski definition) is 0. The third-order valence-corrected chi connectivity index (χ3v) is 1.28. The van der Waals surface area contributed by atoms with E-state index in [9.17, 15) is 0 Å². The van der Waals surface area contributed by atoms with Gasteiger partial charge >= 0.3 is 0 Å². The van der Waals surface area contributed by atoms with Gasteiger partial charge in [-0.1, -0.05) is 40.5 Å². The fraction of sp³-hybridized carbons (Fsp3) is 0.800. The molecule has 0 spiro atoms. The molecule has 0 saturated carbocycles. The highest BCUT2D eigenvalue weighted by atomic mass is 14.1. The van der Waals surface area contributed by atoms with Gasteiger partial charge in [-0.3, -0.25) is 0 Å². The summed E-state index contributed by atoms with van der Waals surface area (Å²) >= 11 is 0. The van der Waals surface area contributed by atoms with Crippen molar-refractivity contribution in [2.24, 2.45) is 5.41 Å². The summed E-state index contributed by atoms with van der Waals surface area (Å²) in [6.07, 6.45) is 4.07. The lowest BCUT2D eigenvalue weighted by molar-refractivity contribution is 0.363. The van der Waals surface area contributed by atoms with Gasteiger partial charge in [0.25, 0.3) is 0 Å². The molecule has 0 rings (SSSR count). The van der Waals surface area contributed by atoms with Gasteiger partial charge in [0, 0.05) is 0 Å². The van der Waals surface area contributed by atoms with Crippen molar-refractivity contribution >= 4 is 0 Å². The van der Waals surface area contributed by atoms with Crippen LogP contribution in [0, 0.1) is 5.41 Å². The van der Waals surface area contributed by atoms with Gasteiger partial charge in [0.2, 0.25) is 0 Å². The largest absolute Gasteiger partial charge is 0.106 e. The van der Waals surface area contributed by atoms with Crippen molar-refractivity contribution in [1.82, 2.24) is 0 Å². The monoisotopic (exact) mass is 142 g/mol. The van der Waals surface area contributed by atoms with Gasteiger partial charge in [0.1, 0.15) is 0 Å². The van der Waals surface area contributed by atoms with Crippen LogP contribution in [0.5, 0.6) is 0 Å². The van der Waals surface area contributed by atoms with Crippen LogP contribution in [0.3, 0.4) is 0 Å². The van der Waals surface area contributed by atoms with Gasteiger partial charge in [-0.25, -0.2) is 0 Å². The van der Waals surface area contributed by atoms with Gasteiger partial charge in [-0.2, -0.15) is 0 Å². The van der Waals surface area contributed by atoms with E-state index in [1.54, 1.807) is 0 Å². The fourth-order valence-corrected chi connectivity index (χ4v) is 0.707. The first kappa shape index (κ1) is 12.4. The lowest BCUT2D eigenvalue weighted by Gasteiger charge is -2.16. The van der Waals surface area contributed by atoms with E-state index in [4.69, 9.17) is 0 Å². The van der Waals surface area contributed by atoms with Crippen LogP contribution < -0.4 is 0 Å². The molecule has 0 bridgehead atoms. The standard InChI is InChI=1S/C8H18.C2H4/c1-5-6-7-8(2,3)4;1-2/h5-7H2,1-4H3;1-2H2. The van der Waals surface area contributed by atoms with Gasteiger partial charge in [0.15, 0.2) is 0 Å². The molecule has 0 aromatic rings. The van der Waals surface area contributed by atoms with E-state index in [1.807, 2.05) is 0 Å². The zero-order valence-corrected chi connectivity index (χ0v) is 8.04. The summed E-state index contributed by atoms with van der Waals surface area (Å²) in [7, 11) is 0. The second-order valence-corrected chi connectivity index (χ2v) is 3.66. The Kier molecular flexibility index (Phi) is 8.51. The minimum absolute atomic E-state index is 0.552. The first-order chi connectivity index (χ1) is 4.56. The minimum Gasteiger partial charge on any atom is -0.106 e. The summed E-state index contributed by atoms with van der Waals surface area (Å²) in [5, 5.41) is 0. The van der Waals surface area contributed by atoms with E-state index < -0.39 is 0 Å². The van der Waals surface area contributed by atoms with Gasteiger partial charge in [0.05, 0.1) is 0 Å². The molecule has 0 fully saturated rings. The molecule has 10 heavy (non-hydrogen) atoms. The second kappa shape index (κ2) is 6.85. The molecule has 0 aliphatic rings. The quantitative estimate of drug-likeness (QED) is 0.511. The number of unbranched alkanes of at least 4 members (excludes halogenated alkanes) is 1. The summed E-state index contributed by atoms with van der Waals surface area (Å²) in [6.45, 7) is 15.1. The van der Waals surface area contributed by atoms with Crippen LogP contribution in [0.25, 0.3) is 0 Å². The fourth-order valence-electron chi connectivity index (χ4n) is 0.707. The lowest BCUT2D eigenvalue weighted by Crippen LogP contribution is -2.03. The molecule has 0 aromatic heterocycles. The van der Waals surface area contributed by atoms with Crippen LogP contribution in [0.2, 0.25) is 0 Å². The van der Waals surface area contributed by atoms with E-state index >= 15 is 0 Å². The normalized spacial score (nSPS) is 10.0. The maximum Gasteiger partial charge on any atom is -0.0383 e. The Balaban J connectivity index is 0. The van der Waals surface area contributed by atoms with E-state index in [0.717, 1.165) is 0 Å². The molecular formula is C10H22. The van der Waals surface area contributed by atoms with Crippen LogP contribution in [-0.2, 0) is 0 Å². The maximum atomic E-state index is 3.00. The molecular weight excluding hydrogens is 120 g/mol. The first-order valence-electron chi connectivity index (χ1n) is 4.06. The molecule has 0 radical (unpaired) electrons. The highest BCUT2D eigenvalue weighted by molar-refractivity contribution is 4.59. The van der Waals surface area contributed by atoms with Crippen LogP contribution >= 0.6 is 0 Å². The summed E-state index contributed by atoms with van der Waals surface area (Å²) in [5.74, 6) is 0. The van der Waals surface area contributed by atoms with Crippen molar-refractivity contribution in [3.8, 4) is 0 Å². The van der Waals surface area contributed by atoms with Crippen molar-refractivity contribution < 1.29 is 0 Å². The molecule has 0 aliphatic carbocycles. The lowest BCUT2D eigenvalue weighted by atomic mass is 9.90. The molecule has 0 atom stereocenters. The van der Waals surface area contributed by atoms with Crippen molar-refractivity contribution in [3.63, 3.8) is 0 Å². The smallest absolute Gasteiger partial charge is 0.0383 e. The van der Waals surface area contributed by atoms with Gasteiger partial charge < -0.3 is 0 Å². The molecule has 0 N–H and O–H groups in total. The summed E-state index contributed by atoms with van der Waals surface area (Å²) in [4.78, 5) is 0. The third-order valence-electron chi connectivity index (χ3n) is 1.28. The summed E-state index contributed by atoms with van der Waals surface area (Å²) in [5.41, 5.74) is 0.552. The molecule has 0 aromatic carbocycles. The summed E-state index contributed by atoms with van der Waals surface area (Å²) < 4.78 is 0. The molecule has 0 aliphatic heterocycles. The van der Waals surface area contributed by atoms with Crippen LogP contribution in [0.1, 0.15) is 47.0 Å². The minimum atomic E-state index is 0.552. The molecule has 0 unspecified atom stereocenters. The van der Waals surface area contributed by atoms with Crippen molar-refractivity contribution in [2.45, 2.75) is 47.0 Å². The Bertz CT molecular complexity index is 56.9. The average Bonchev–Trinajstić information content (AvgIpc) is 1.87. The third kappa shape index (κ3) is 15.6. The zero-order chi connectivity index (χ0) is 8.62. The predicted molar refractivity (Wildman–Crippen MR) is 50.2 cm³/mol. The van der Waals surface area contributed by atoms with Crippen LogP contribution in [-0.4, -0.2) is 0 Å². The van der Waals surface area contributed by atoms with E-state index in [2.05, 4.69) is 40.9 Å². The molecule has 0 heterocycles. The molecule has 0 nitrogen and oxygen atoms in total. The first-order valence-corrected chi connectivity index (χ1v) is 4.06. The van der Waals surface area contributed by atoms with E-state index in [-0.39, 0.29) is 0 Å². The predicted octanol–water partition coefficient (Wildman–Crippen LogP) is 4.02. The Hall–Kier alpha value is -0.260. The van der Waals surface area contributed by atoms with Crippen molar-refractivity contribution in [2.75, 3.05) is 0 Å². The Morgan fingerprint density at radius 1 is 1.10 bits per heavy atom. The van der Waals surface area contributed by atoms with Crippen LogP contribution in [0.4, 0.5) is 0 Å². The van der Waals surface area contributed by atoms with Crippen molar-refractivity contribution in [3.05, 3.63) is 13.2 Å². The molecule has 62 valence electrons. The topological polar surface area (TPSA) is 0 Å². The van der Waals surface area contributed by atoms with Crippen LogP contribution in [0.15, 0.2) is 13.2 Å². The number of hydrogen-bond acceptors (Lipinski definition) is 0. The maximum absolute atomic E-state index is 3.00. The Labute approximate surface area is 66.3 Å². The molecule has 0 saturated heterocycles. The number of rotatable bonds is 2. The van der Waals surface area contributed by atoms with Gasteiger partial charge in [-0.05, 0) is 11.8 Å². The van der Waals surface area contributed by atoms with E-state index in [0.29, 0.717) is 5.41 Å². The molecule has 0 amide bonds. The highest BCUT2D eigenvalue weighted by Gasteiger charge is 2.07.